The van der Waals surface area contributed by atoms with Gasteiger partial charge in [0, 0.05) is 43.8 Å². The summed E-state index contributed by atoms with van der Waals surface area (Å²) >= 11 is 0. The summed E-state index contributed by atoms with van der Waals surface area (Å²) in [5.74, 6) is 0.971. The van der Waals surface area contributed by atoms with Crippen LogP contribution in [0.25, 0.3) is 5.65 Å². The molecule has 112 valence electrons. The molecule has 1 atom stereocenters. The minimum absolute atomic E-state index is 0.104. The Morgan fingerprint density at radius 1 is 1.32 bits per heavy atom. The van der Waals surface area contributed by atoms with Gasteiger partial charge in [-0.25, -0.2) is 14.5 Å². The van der Waals surface area contributed by atoms with Gasteiger partial charge in [0.2, 0.25) is 0 Å². The molecule has 0 aliphatic carbocycles. The van der Waals surface area contributed by atoms with Crippen molar-refractivity contribution in [3.63, 3.8) is 0 Å². The highest BCUT2D eigenvalue weighted by Crippen LogP contribution is 2.16. The molecule has 7 heteroatoms. The van der Waals surface area contributed by atoms with Crippen LogP contribution >= 0.6 is 0 Å². The Hall–Kier alpha value is -2.70. The second kappa shape index (κ2) is 4.94. The van der Waals surface area contributed by atoms with Crippen LogP contribution in [0.1, 0.15) is 28.3 Å². The fourth-order valence-electron chi connectivity index (χ4n) is 3.00. The molecule has 0 saturated heterocycles. The third kappa shape index (κ3) is 2.05. The number of imidazole rings is 1. The fraction of sp³-hybridized carbons (Fsp3) is 0.333. The first-order valence-corrected chi connectivity index (χ1v) is 7.33. The van der Waals surface area contributed by atoms with Gasteiger partial charge in [0.1, 0.15) is 11.4 Å². The number of hydrogen-bond acceptors (Lipinski definition) is 4. The minimum atomic E-state index is -0.111. The summed E-state index contributed by atoms with van der Waals surface area (Å²) in [6.45, 7) is 2.59. The van der Waals surface area contributed by atoms with Gasteiger partial charge in [0.25, 0.3) is 5.91 Å². The zero-order valence-corrected chi connectivity index (χ0v) is 12.2. The quantitative estimate of drug-likeness (QED) is 0.764. The average Bonchev–Trinajstić information content (AvgIpc) is 3.09. The highest BCUT2D eigenvalue weighted by molar-refractivity contribution is 6.01. The Morgan fingerprint density at radius 3 is 3.14 bits per heavy atom. The van der Waals surface area contributed by atoms with Crippen LogP contribution < -0.4 is 5.32 Å². The molecule has 0 radical (unpaired) electrons. The number of aryl methyl sites for hydroxylation is 2. The lowest BCUT2D eigenvalue weighted by atomic mass is 10.1. The fourth-order valence-corrected chi connectivity index (χ4v) is 3.00. The predicted octanol–water partition coefficient (Wildman–Crippen LogP) is 0.979. The molecule has 1 N–H and O–H groups in total. The maximum Gasteiger partial charge on any atom is 0.257 e. The Balaban J connectivity index is 1.58. The second-order valence-electron chi connectivity index (χ2n) is 5.55. The normalized spacial score (nSPS) is 17.4. The first kappa shape index (κ1) is 13.0. The molecule has 1 unspecified atom stereocenters. The van der Waals surface area contributed by atoms with E-state index in [0.717, 1.165) is 25.2 Å². The lowest BCUT2D eigenvalue weighted by Crippen LogP contribution is -2.41. The Labute approximate surface area is 127 Å². The first-order chi connectivity index (χ1) is 10.7. The number of carbonyl (C=O) groups excluding carboxylic acids is 1. The lowest BCUT2D eigenvalue weighted by molar-refractivity contribution is 0.0928. The van der Waals surface area contributed by atoms with Crippen molar-refractivity contribution >= 4 is 11.6 Å². The third-order valence-electron chi connectivity index (χ3n) is 4.07. The number of carbonyl (C=O) groups is 1. The van der Waals surface area contributed by atoms with Gasteiger partial charge < -0.3 is 9.88 Å². The van der Waals surface area contributed by atoms with Crippen LogP contribution in [-0.2, 0) is 13.0 Å². The Bertz CT molecular complexity index is 849. The molecule has 1 aliphatic heterocycles. The molecule has 3 aromatic heterocycles. The molecular weight excluding hydrogens is 280 g/mol. The zero-order valence-electron chi connectivity index (χ0n) is 12.2. The van der Waals surface area contributed by atoms with Gasteiger partial charge in [-0.3, -0.25) is 4.79 Å². The molecule has 0 saturated carbocycles. The van der Waals surface area contributed by atoms with Crippen LogP contribution in [0.15, 0.2) is 30.9 Å². The monoisotopic (exact) mass is 296 g/mol. The van der Waals surface area contributed by atoms with E-state index in [1.165, 1.54) is 0 Å². The number of rotatable bonds is 2. The van der Waals surface area contributed by atoms with Gasteiger partial charge in [-0.1, -0.05) is 0 Å². The highest BCUT2D eigenvalue weighted by atomic mass is 16.1. The number of hydrogen-bond donors (Lipinski definition) is 1. The maximum atomic E-state index is 12.6. The van der Waals surface area contributed by atoms with E-state index < -0.39 is 0 Å². The van der Waals surface area contributed by atoms with E-state index in [1.807, 2.05) is 13.1 Å². The maximum absolute atomic E-state index is 12.6. The third-order valence-corrected chi connectivity index (χ3v) is 4.07. The van der Waals surface area contributed by atoms with Crippen molar-refractivity contribution in [3.05, 3.63) is 47.9 Å². The standard InChI is InChI=1S/C15H16N6O/c1-10-13(14-17-5-2-7-21(14)19-10)15(22)18-11-3-4-12-16-6-8-20(12)9-11/h2,5-8,11H,3-4,9H2,1H3,(H,18,22). The number of fused-ring (bicyclic) bond motifs is 2. The van der Waals surface area contributed by atoms with Gasteiger partial charge in [-0.15, -0.1) is 0 Å². The van der Waals surface area contributed by atoms with Crippen molar-refractivity contribution < 1.29 is 4.79 Å². The summed E-state index contributed by atoms with van der Waals surface area (Å²) < 4.78 is 3.73. The minimum Gasteiger partial charge on any atom is -0.347 e. The van der Waals surface area contributed by atoms with Gasteiger partial charge in [0.15, 0.2) is 5.65 Å². The number of nitrogens with zero attached hydrogens (tertiary/aromatic N) is 5. The molecule has 7 nitrogen and oxygen atoms in total. The molecule has 0 fully saturated rings. The molecule has 0 aromatic carbocycles. The van der Waals surface area contributed by atoms with Crippen molar-refractivity contribution in [2.45, 2.75) is 32.4 Å². The largest absolute Gasteiger partial charge is 0.347 e. The molecule has 4 rings (SSSR count). The molecule has 1 amide bonds. The number of amides is 1. The molecule has 4 heterocycles. The van der Waals surface area contributed by atoms with E-state index >= 15 is 0 Å². The molecule has 1 aliphatic rings. The van der Waals surface area contributed by atoms with Gasteiger partial charge >= 0.3 is 0 Å². The number of aromatic nitrogens is 5. The topological polar surface area (TPSA) is 77.1 Å². The summed E-state index contributed by atoms with van der Waals surface area (Å²) in [7, 11) is 0. The predicted molar refractivity (Wildman–Crippen MR) is 79.5 cm³/mol. The van der Waals surface area contributed by atoms with E-state index in [9.17, 15) is 4.79 Å². The van der Waals surface area contributed by atoms with E-state index in [-0.39, 0.29) is 11.9 Å². The van der Waals surface area contributed by atoms with Crippen LogP contribution in [0.3, 0.4) is 0 Å². The summed E-state index contributed by atoms with van der Waals surface area (Å²) in [5.41, 5.74) is 1.84. The molecule has 22 heavy (non-hydrogen) atoms. The van der Waals surface area contributed by atoms with E-state index in [2.05, 4.69) is 25.0 Å². The Kier molecular flexibility index (Phi) is 2.92. The summed E-state index contributed by atoms with van der Waals surface area (Å²) in [6.07, 6.45) is 9.00. The average molecular weight is 296 g/mol. The van der Waals surface area contributed by atoms with Crippen LogP contribution in [0.5, 0.6) is 0 Å². The number of nitrogens with one attached hydrogen (secondary N) is 1. The summed E-state index contributed by atoms with van der Waals surface area (Å²) in [6, 6.07) is 1.90. The molecule has 3 aromatic rings. The first-order valence-electron chi connectivity index (χ1n) is 7.33. The molecular formula is C15H16N6O. The summed E-state index contributed by atoms with van der Waals surface area (Å²) in [5, 5.41) is 7.44. The molecule has 0 spiro atoms. The lowest BCUT2D eigenvalue weighted by Gasteiger charge is -2.24. The van der Waals surface area contributed by atoms with E-state index in [4.69, 9.17) is 0 Å². The van der Waals surface area contributed by atoms with Crippen LogP contribution in [0, 0.1) is 6.92 Å². The van der Waals surface area contributed by atoms with E-state index in [1.54, 1.807) is 29.2 Å². The highest BCUT2D eigenvalue weighted by Gasteiger charge is 2.24. The van der Waals surface area contributed by atoms with Crippen molar-refractivity contribution in [1.29, 1.82) is 0 Å². The van der Waals surface area contributed by atoms with Gasteiger partial charge in [-0.2, -0.15) is 5.10 Å². The Morgan fingerprint density at radius 2 is 2.23 bits per heavy atom. The van der Waals surface area contributed by atoms with Crippen molar-refractivity contribution in [2.24, 2.45) is 0 Å². The van der Waals surface area contributed by atoms with Crippen LogP contribution in [0.4, 0.5) is 0 Å². The van der Waals surface area contributed by atoms with Crippen LogP contribution in [-0.4, -0.2) is 36.1 Å². The summed E-state index contributed by atoms with van der Waals surface area (Å²) in [4.78, 5) is 21.2. The SMILES string of the molecule is Cc1nn2cccnc2c1C(=O)NC1CCc2nccn2C1. The smallest absolute Gasteiger partial charge is 0.257 e. The van der Waals surface area contributed by atoms with E-state index in [0.29, 0.717) is 16.9 Å². The van der Waals surface area contributed by atoms with Crippen molar-refractivity contribution in [2.75, 3.05) is 0 Å². The second-order valence-corrected chi connectivity index (χ2v) is 5.55. The molecule has 0 bridgehead atoms. The zero-order chi connectivity index (χ0) is 15.1. The van der Waals surface area contributed by atoms with Gasteiger partial charge in [-0.05, 0) is 19.4 Å². The van der Waals surface area contributed by atoms with Crippen molar-refractivity contribution in [1.82, 2.24) is 29.5 Å². The van der Waals surface area contributed by atoms with Gasteiger partial charge in [0.05, 0.1) is 5.69 Å². The van der Waals surface area contributed by atoms with Crippen LogP contribution in [0.2, 0.25) is 0 Å². The van der Waals surface area contributed by atoms with Crippen molar-refractivity contribution in [3.8, 4) is 0 Å².